The maximum absolute atomic E-state index is 11.9. The lowest BCUT2D eigenvalue weighted by Crippen LogP contribution is -2.35. The molecule has 0 spiro atoms. The minimum atomic E-state index is -0.135. The molecule has 1 aliphatic rings. The first kappa shape index (κ1) is 14.1. The fourth-order valence-corrected chi connectivity index (χ4v) is 2.70. The van der Waals surface area contributed by atoms with Gasteiger partial charge in [0.05, 0.1) is 19.1 Å². The Morgan fingerprint density at radius 1 is 1.63 bits per heavy atom. The van der Waals surface area contributed by atoms with Crippen LogP contribution in [0, 0.1) is 17.8 Å². The van der Waals surface area contributed by atoms with E-state index in [0.29, 0.717) is 13.2 Å². The third-order valence-electron chi connectivity index (χ3n) is 2.93. The zero-order valence-electron chi connectivity index (χ0n) is 10.6. The highest BCUT2D eigenvalue weighted by atomic mass is 32.1. The van der Waals surface area contributed by atoms with Gasteiger partial charge in [-0.2, -0.15) is 0 Å². The lowest BCUT2D eigenvalue weighted by atomic mass is 10.0. The monoisotopic (exact) mass is 279 g/mol. The normalized spacial score (nSPS) is 18.5. The molecular weight excluding hydrogens is 262 g/mol. The first-order valence-electron chi connectivity index (χ1n) is 6.32. The van der Waals surface area contributed by atoms with Crippen LogP contribution in [0.4, 0.5) is 0 Å². The molecule has 1 fully saturated rings. The predicted octanol–water partition coefficient (Wildman–Crippen LogP) is 1.13. The number of carbonyl (C=O) groups is 1. The second-order valence-electron chi connectivity index (χ2n) is 4.39. The fourth-order valence-electron chi connectivity index (χ4n) is 1.95. The van der Waals surface area contributed by atoms with E-state index < -0.39 is 0 Å². The molecule has 1 atom stereocenters. The Kier molecular flexibility index (Phi) is 5.40. The molecule has 0 bridgehead atoms. The summed E-state index contributed by atoms with van der Waals surface area (Å²) in [7, 11) is 0. The number of hydrogen-bond acceptors (Lipinski definition) is 4. The Hall–Kier alpha value is -1.35. The van der Waals surface area contributed by atoms with Crippen LogP contribution < -0.4 is 5.32 Å². The van der Waals surface area contributed by atoms with Crippen LogP contribution in [0.25, 0.3) is 0 Å². The number of carbonyl (C=O) groups excluding carboxylic acids is 1. The van der Waals surface area contributed by atoms with Gasteiger partial charge in [0.15, 0.2) is 0 Å². The molecule has 2 N–H and O–H groups in total. The lowest BCUT2D eigenvalue weighted by molar-refractivity contribution is -0.129. The number of hydrogen-bond donors (Lipinski definition) is 2. The topological polar surface area (TPSA) is 58.6 Å². The molecule has 4 nitrogen and oxygen atoms in total. The zero-order valence-corrected chi connectivity index (χ0v) is 11.5. The smallest absolute Gasteiger partial charge is 0.225 e. The first-order chi connectivity index (χ1) is 9.29. The maximum Gasteiger partial charge on any atom is 0.225 e. The minimum Gasteiger partial charge on any atom is -0.384 e. The third-order valence-corrected chi connectivity index (χ3v) is 3.87. The van der Waals surface area contributed by atoms with Crippen LogP contribution in [0.2, 0.25) is 0 Å². The van der Waals surface area contributed by atoms with Crippen molar-refractivity contribution >= 4 is 17.2 Å². The van der Waals surface area contributed by atoms with Crippen LogP contribution in [0.3, 0.4) is 0 Å². The fraction of sp³-hybridized carbons (Fsp3) is 0.500. The van der Waals surface area contributed by atoms with Crippen LogP contribution >= 0.6 is 11.3 Å². The van der Waals surface area contributed by atoms with Crippen molar-refractivity contribution in [1.82, 2.24) is 5.32 Å². The summed E-state index contributed by atoms with van der Waals surface area (Å²) >= 11 is 1.56. The Bertz CT molecular complexity index is 480. The van der Waals surface area contributed by atoms with Crippen molar-refractivity contribution in [2.45, 2.75) is 19.4 Å². The van der Waals surface area contributed by atoms with Crippen molar-refractivity contribution in [3.8, 4) is 11.8 Å². The van der Waals surface area contributed by atoms with Crippen molar-refractivity contribution in [2.24, 2.45) is 5.92 Å². The number of thiophene rings is 1. The van der Waals surface area contributed by atoms with E-state index in [-0.39, 0.29) is 18.4 Å². The number of rotatable bonds is 3. The van der Waals surface area contributed by atoms with Gasteiger partial charge in [-0.05, 0) is 18.9 Å². The number of aliphatic hydroxyl groups is 1. The summed E-state index contributed by atoms with van der Waals surface area (Å²) in [5.41, 5.74) is 0.879. The SMILES string of the molecule is O=C(NCc1cc(C#CCO)cs1)C1CCCOC1. The summed E-state index contributed by atoms with van der Waals surface area (Å²) in [6.45, 7) is 1.69. The van der Waals surface area contributed by atoms with Gasteiger partial charge < -0.3 is 15.2 Å². The molecule has 0 radical (unpaired) electrons. The highest BCUT2D eigenvalue weighted by Gasteiger charge is 2.21. The molecule has 1 aromatic heterocycles. The van der Waals surface area contributed by atoms with Crippen molar-refractivity contribution in [3.05, 3.63) is 21.9 Å². The highest BCUT2D eigenvalue weighted by Crippen LogP contribution is 2.16. The van der Waals surface area contributed by atoms with Crippen molar-refractivity contribution < 1.29 is 14.6 Å². The average molecular weight is 279 g/mol. The highest BCUT2D eigenvalue weighted by molar-refractivity contribution is 7.10. The van der Waals surface area contributed by atoms with Crippen molar-refractivity contribution in [1.29, 1.82) is 0 Å². The molecule has 0 saturated carbocycles. The van der Waals surface area contributed by atoms with E-state index in [1.54, 1.807) is 11.3 Å². The predicted molar refractivity (Wildman–Crippen MR) is 73.7 cm³/mol. The Morgan fingerprint density at radius 3 is 3.26 bits per heavy atom. The molecule has 1 saturated heterocycles. The summed E-state index contributed by atoms with van der Waals surface area (Å²) in [5, 5.41) is 13.5. The van der Waals surface area contributed by atoms with Gasteiger partial charge in [-0.1, -0.05) is 11.8 Å². The van der Waals surface area contributed by atoms with Gasteiger partial charge in [-0.3, -0.25) is 4.79 Å². The third kappa shape index (κ3) is 4.35. The summed E-state index contributed by atoms with van der Waals surface area (Å²) in [6, 6.07) is 1.94. The van der Waals surface area contributed by atoms with Crippen molar-refractivity contribution in [3.63, 3.8) is 0 Å². The van der Waals surface area contributed by atoms with E-state index in [1.165, 1.54) is 0 Å². The molecule has 2 rings (SSSR count). The second-order valence-corrected chi connectivity index (χ2v) is 5.39. The van der Waals surface area contributed by atoms with Gasteiger partial charge >= 0.3 is 0 Å². The molecule has 1 aromatic rings. The minimum absolute atomic E-state index is 0.0117. The van der Waals surface area contributed by atoms with E-state index in [0.717, 1.165) is 29.9 Å². The van der Waals surface area contributed by atoms with Crippen LogP contribution in [-0.4, -0.2) is 30.8 Å². The molecule has 1 unspecified atom stereocenters. The number of aliphatic hydroxyl groups excluding tert-OH is 1. The molecule has 1 amide bonds. The van der Waals surface area contributed by atoms with Crippen molar-refractivity contribution in [2.75, 3.05) is 19.8 Å². The van der Waals surface area contributed by atoms with E-state index in [4.69, 9.17) is 9.84 Å². The maximum atomic E-state index is 11.9. The van der Waals surface area contributed by atoms with Crippen LogP contribution in [0.5, 0.6) is 0 Å². The number of ether oxygens (including phenoxy) is 1. The van der Waals surface area contributed by atoms with Gasteiger partial charge in [0, 0.05) is 22.4 Å². The van der Waals surface area contributed by atoms with E-state index in [2.05, 4.69) is 17.2 Å². The van der Waals surface area contributed by atoms with Crippen LogP contribution in [-0.2, 0) is 16.1 Å². The number of nitrogens with one attached hydrogen (secondary N) is 1. The average Bonchev–Trinajstić information content (AvgIpc) is 2.91. The van der Waals surface area contributed by atoms with Crippen LogP contribution in [0.1, 0.15) is 23.3 Å². The molecule has 1 aliphatic heterocycles. The molecule has 2 heterocycles. The van der Waals surface area contributed by atoms with Gasteiger partial charge in [0.2, 0.25) is 5.91 Å². The molecule has 0 aromatic carbocycles. The summed E-state index contributed by atoms with van der Waals surface area (Å²) in [4.78, 5) is 13.0. The van der Waals surface area contributed by atoms with Gasteiger partial charge in [0.25, 0.3) is 0 Å². The largest absolute Gasteiger partial charge is 0.384 e. The van der Waals surface area contributed by atoms with Gasteiger partial charge in [-0.15, -0.1) is 11.3 Å². The first-order valence-corrected chi connectivity index (χ1v) is 7.20. The lowest BCUT2D eigenvalue weighted by Gasteiger charge is -2.20. The second kappa shape index (κ2) is 7.29. The van der Waals surface area contributed by atoms with E-state index in [1.807, 2.05) is 11.4 Å². The Labute approximate surface area is 116 Å². The van der Waals surface area contributed by atoms with Crippen LogP contribution in [0.15, 0.2) is 11.4 Å². The summed E-state index contributed by atoms with van der Waals surface area (Å²) in [5.74, 6) is 5.50. The Balaban J connectivity index is 1.81. The zero-order chi connectivity index (χ0) is 13.5. The molecule has 19 heavy (non-hydrogen) atoms. The number of amides is 1. The van der Waals surface area contributed by atoms with Gasteiger partial charge in [-0.25, -0.2) is 0 Å². The quantitative estimate of drug-likeness (QED) is 0.816. The van der Waals surface area contributed by atoms with E-state index in [9.17, 15) is 4.79 Å². The molecule has 5 heteroatoms. The molecule has 0 aliphatic carbocycles. The summed E-state index contributed by atoms with van der Waals surface area (Å²) < 4.78 is 5.30. The standard InChI is InChI=1S/C14H17NO3S/c16-5-1-3-11-7-13(19-10-11)8-15-14(17)12-4-2-6-18-9-12/h7,10,12,16H,2,4-6,8-9H2,(H,15,17). The molecular formula is C14H17NO3S. The van der Waals surface area contributed by atoms with E-state index >= 15 is 0 Å². The Morgan fingerprint density at radius 2 is 2.53 bits per heavy atom. The van der Waals surface area contributed by atoms with Gasteiger partial charge in [0.1, 0.15) is 6.61 Å². The molecule has 102 valence electrons. The summed E-state index contributed by atoms with van der Waals surface area (Å²) in [6.07, 6.45) is 1.86.